The topological polar surface area (TPSA) is 140 Å². The molecule has 6 N–H and O–H groups in total. The lowest BCUT2D eigenvalue weighted by molar-refractivity contribution is -0.0432. The molecule has 10 heteroatoms. The second-order valence-corrected chi connectivity index (χ2v) is 7.67. The average Bonchev–Trinajstić information content (AvgIpc) is 3.30. The largest absolute Gasteiger partial charge is 0.412 e. The van der Waals surface area contributed by atoms with Gasteiger partial charge in [0, 0.05) is 12.1 Å². The van der Waals surface area contributed by atoms with Crippen molar-refractivity contribution in [2.75, 3.05) is 11.9 Å². The number of hydrogen-bond acceptors (Lipinski definition) is 7. The Morgan fingerprint density at radius 1 is 1.33 bits per heavy atom. The van der Waals surface area contributed by atoms with E-state index in [-0.39, 0.29) is 12.1 Å². The molecule has 3 aromatic rings. The maximum atomic E-state index is 10.0. The number of nitrogens with one attached hydrogen (secondary N) is 2. The van der Waals surface area contributed by atoms with E-state index in [0.29, 0.717) is 28.2 Å². The summed E-state index contributed by atoms with van der Waals surface area (Å²) in [6.07, 6.45) is 3.63. The zero-order valence-electron chi connectivity index (χ0n) is 16.7. The number of imidazole rings is 1. The van der Waals surface area contributed by atoms with Crippen LogP contribution in [0.15, 0.2) is 30.6 Å². The molecular formula is C20H27N5O4S. The van der Waals surface area contributed by atoms with E-state index in [9.17, 15) is 10.2 Å². The van der Waals surface area contributed by atoms with Crippen molar-refractivity contribution in [3.8, 4) is 0 Å². The van der Waals surface area contributed by atoms with Crippen LogP contribution in [0.25, 0.3) is 11.2 Å². The Morgan fingerprint density at radius 2 is 2.10 bits per heavy atom. The number of hydrogen-bond donors (Lipinski definition) is 4. The molecule has 1 saturated heterocycles. The number of unbranched alkanes of at least 4 members (excludes halogenated alkanes) is 1. The minimum atomic E-state index is -0.726. The number of aryl methyl sites for hydroxylation is 1. The first-order valence-corrected chi connectivity index (χ1v) is 10.3. The number of aliphatic hydroxyl groups is 2. The highest BCUT2D eigenvalue weighted by Crippen LogP contribution is 2.31. The van der Waals surface area contributed by atoms with Crippen LogP contribution >= 0.6 is 12.2 Å². The molecule has 2 aromatic heterocycles. The minimum Gasteiger partial charge on any atom is -0.412 e. The number of aliphatic hydroxyl groups excluding tert-OH is 2. The molecule has 9 nitrogen and oxygen atoms in total. The number of nitrogens with zero attached hydrogens (tertiary/aromatic N) is 3. The number of H-pyrrole nitrogens is 1. The predicted molar refractivity (Wildman–Crippen MR) is 116 cm³/mol. The first kappa shape index (κ1) is 22.3. The van der Waals surface area contributed by atoms with Gasteiger partial charge in [-0.25, -0.2) is 9.97 Å². The van der Waals surface area contributed by atoms with E-state index < -0.39 is 18.4 Å². The number of fused-ring (bicyclic) bond motifs is 1. The summed E-state index contributed by atoms with van der Waals surface area (Å²) in [5.41, 5.74) is 3.43. The lowest BCUT2D eigenvalue weighted by Gasteiger charge is -2.14. The highest BCUT2D eigenvalue weighted by atomic mass is 32.1. The Balaban J connectivity index is 0.00000256. The Morgan fingerprint density at radius 3 is 2.77 bits per heavy atom. The second-order valence-electron chi connectivity index (χ2n) is 7.28. The molecule has 0 saturated carbocycles. The summed E-state index contributed by atoms with van der Waals surface area (Å²) in [6, 6.07) is 8.26. The summed E-state index contributed by atoms with van der Waals surface area (Å²) in [5, 5.41) is 22.6. The Kier molecular flexibility index (Phi) is 7.16. The second kappa shape index (κ2) is 9.63. The minimum absolute atomic E-state index is 0. The number of rotatable bonds is 7. The smallest absolute Gasteiger partial charge is 0.207 e. The van der Waals surface area contributed by atoms with E-state index in [2.05, 4.69) is 39.3 Å². The van der Waals surface area contributed by atoms with Gasteiger partial charge in [0.25, 0.3) is 0 Å². The van der Waals surface area contributed by atoms with Crippen molar-refractivity contribution in [3.63, 3.8) is 0 Å². The highest BCUT2D eigenvalue weighted by Gasteiger charge is 2.35. The molecule has 3 unspecified atom stereocenters. The molecule has 0 bridgehead atoms. The van der Waals surface area contributed by atoms with Gasteiger partial charge in [-0.2, -0.15) is 0 Å². The van der Waals surface area contributed by atoms with Crippen LogP contribution in [0.5, 0.6) is 0 Å². The van der Waals surface area contributed by atoms with E-state index in [0.717, 1.165) is 12.1 Å². The molecular weight excluding hydrogens is 406 g/mol. The molecule has 0 radical (unpaired) electrons. The number of ether oxygens (including phenoxy) is 1. The molecule has 0 aliphatic carbocycles. The molecule has 1 fully saturated rings. The molecule has 0 spiro atoms. The van der Waals surface area contributed by atoms with Crippen LogP contribution in [0.2, 0.25) is 0 Å². The van der Waals surface area contributed by atoms with Crippen LogP contribution in [-0.2, 0) is 11.2 Å². The van der Waals surface area contributed by atoms with Gasteiger partial charge in [0.2, 0.25) is 5.95 Å². The molecule has 1 aliphatic heterocycles. The van der Waals surface area contributed by atoms with Crippen LogP contribution in [0, 0.1) is 4.64 Å². The van der Waals surface area contributed by atoms with Crippen molar-refractivity contribution in [2.45, 2.75) is 51.0 Å². The van der Waals surface area contributed by atoms with Crippen molar-refractivity contribution >= 4 is 35.0 Å². The molecule has 1 aliphatic rings. The molecule has 30 heavy (non-hydrogen) atoms. The average molecular weight is 434 g/mol. The van der Waals surface area contributed by atoms with Crippen molar-refractivity contribution in [1.82, 2.24) is 19.5 Å². The summed E-state index contributed by atoms with van der Waals surface area (Å²) in [6.45, 7) is 1.95. The fourth-order valence-electron chi connectivity index (χ4n) is 3.54. The fraction of sp³-hybridized carbons (Fsp3) is 0.450. The number of benzene rings is 1. The zero-order chi connectivity index (χ0) is 20.4. The van der Waals surface area contributed by atoms with Gasteiger partial charge < -0.3 is 30.7 Å². The summed E-state index contributed by atoms with van der Waals surface area (Å²) in [5.74, 6) is 0.503. The first-order valence-electron chi connectivity index (χ1n) is 9.86. The number of aromatic amines is 1. The summed E-state index contributed by atoms with van der Waals surface area (Å²) in [4.78, 5) is 12.0. The third-order valence-corrected chi connectivity index (χ3v) is 5.46. The summed E-state index contributed by atoms with van der Waals surface area (Å²) in [7, 11) is 0. The molecule has 3 heterocycles. The van der Waals surface area contributed by atoms with Crippen molar-refractivity contribution < 1.29 is 20.4 Å². The lowest BCUT2D eigenvalue weighted by atomic mass is 10.1. The highest BCUT2D eigenvalue weighted by molar-refractivity contribution is 7.71. The SMILES string of the molecule is CCCCc1ccc(Nc2nc(=S)c3ncn(C4CC(O)C(CO)O4)c3[nH]2)cc1.O. The van der Waals surface area contributed by atoms with Crippen molar-refractivity contribution in [2.24, 2.45) is 0 Å². The molecule has 0 amide bonds. The summed E-state index contributed by atoms with van der Waals surface area (Å²) < 4.78 is 7.90. The van der Waals surface area contributed by atoms with Gasteiger partial charge in [-0.3, -0.25) is 4.57 Å². The van der Waals surface area contributed by atoms with Gasteiger partial charge in [-0.15, -0.1) is 0 Å². The maximum absolute atomic E-state index is 10.0. The summed E-state index contributed by atoms with van der Waals surface area (Å²) >= 11 is 5.41. The van der Waals surface area contributed by atoms with Crippen LogP contribution in [0.1, 0.15) is 38.0 Å². The van der Waals surface area contributed by atoms with E-state index >= 15 is 0 Å². The van der Waals surface area contributed by atoms with E-state index in [1.54, 1.807) is 10.9 Å². The van der Waals surface area contributed by atoms with Gasteiger partial charge >= 0.3 is 0 Å². The third kappa shape index (κ3) is 4.52. The zero-order valence-corrected chi connectivity index (χ0v) is 17.5. The van der Waals surface area contributed by atoms with E-state index in [4.69, 9.17) is 17.0 Å². The van der Waals surface area contributed by atoms with Gasteiger partial charge in [0.05, 0.1) is 19.0 Å². The van der Waals surface area contributed by atoms with Crippen LogP contribution in [0.4, 0.5) is 11.6 Å². The van der Waals surface area contributed by atoms with Crippen molar-refractivity contribution in [1.29, 1.82) is 0 Å². The van der Waals surface area contributed by atoms with Gasteiger partial charge in [0.1, 0.15) is 23.5 Å². The molecule has 4 rings (SSSR count). The maximum Gasteiger partial charge on any atom is 0.207 e. The quantitative estimate of drug-likeness (QED) is 0.419. The Bertz CT molecular complexity index is 1040. The van der Waals surface area contributed by atoms with Crippen molar-refractivity contribution in [3.05, 3.63) is 40.8 Å². The van der Waals surface area contributed by atoms with Crippen LogP contribution < -0.4 is 5.32 Å². The molecule has 1 aromatic carbocycles. The van der Waals surface area contributed by atoms with Crippen LogP contribution in [0.3, 0.4) is 0 Å². The third-order valence-electron chi connectivity index (χ3n) is 5.18. The van der Waals surface area contributed by atoms with Gasteiger partial charge in [-0.05, 0) is 30.5 Å². The Labute approximate surface area is 179 Å². The monoisotopic (exact) mass is 433 g/mol. The predicted octanol–water partition coefficient (Wildman–Crippen LogP) is 2.39. The normalized spacial score (nSPS) is 21.0. The first-order chi connectivity index (χ1) is 14.1. The van der Waals surface area contributed by atoms with Gasteiger partial charge in [-0.1, -0.05) is 37.7 Å². The van der Waals surface area contributed by atoms with E-state index in [1.807, 2.05) is 12.1 Å². The molecule has 162 valence electrons. The lowest BCUT2D eigenvalue weighted by Crippen LogP contribution is -2.24. The fourth-order valence-corrected chi connectivity index (χ4v) is 3.78. The number of anilines is 2. The molecule has 3 atom stereocenters. The number of aromatic nitrogens is 4. The van der Waals surface area contributed by atoms with Crippen LogP contribution in [-0.4, -0.2) is 54.0 Å². The Hall–Kier alpha value is -2.37. The van der Waals surface area contributed by atoms with E-state index in [1.165, 1.54) is 18.4 Å². The standard InChI is InChI=1S/C20H25N5O3S.H2O/c1-2-3-4-12-5-7-13(8-6-12)22-20-23-18-17(19(29)24-20)21-11-25(18)16-9-14(27)15(10-26)28-16;/h5-8,11,14-16,26-27H,2-4,9-10H2,1H3,(H2,22,23,24,29);1H2. The van der Waals surface area contributed by atoms with Gasteiger partial charge in [0.15, 0.2) is 4.64 Å².